The number of nitriles is 1. The number of nitrogens with zero attached hydrogens (tertiary/aromatic N) is 3. The Morgan fingerprint density at radius 3 is 2.52 bits per heavy atom. The lowest BCUT2D eigenvalue weighted by molar-refractivity contribution is 0.0364. The van der Waals surface area contributed by atoms with Crippen LogP contribution < -0.4 is 5.32 Å². The van der Waals surface area contributed by atoms with Gasteiger partial charge in [0.2, 0.25) is 0 Å². The molecule has 6 nitrogen and oxygen atoms in total. The molecule has 1 N–H and O–H groups in total. The quantitative estimate of drug-likeness (QED) is 0.864. The number of carbonyl (C=O) groups excluding carboxylic acids is 1. The highest BCUT2D eigenvalue weighted by atomic mass is 16.5. The molecule has 2 aliphatic heterocycles. The number of piperidine rings is 1. The first-order valence-electron chi connectivity index (χ1n) is 9.95. The summed E-state index contributed by atoms with van der Waals surface area (Å²) in [6, 6.07) is 12.6. The van der Waals surface area contributed by atoms with Gasteiger partial charge in [-0.3, -0.25) is 4.90 Å². The molecule has 0 aliphatic carbocycles. The number of morpholine rings is 1. The number of hydrogen-bond acceptors (Lipinski definition) is 4. The van der Waals surface area contributed by atoms with Crippen molar-refractivity contribution < 1.29 is 9.53 Å². The van der Waals surface area contributed by atoms with E-state index in [0.29, 0.717) is 25.9 Å². The van der Waals surface area contributed by atoms with E-state index in [1.54, 1.807) is 0 Å². The molecule has 0 radical (unpaired) electrons. The average Bonchev–Trinajstić information content (AvgIpc) is 2.73. The van der Waals surface area contributed by atoms with Crippen molar-refractivity contribution in [2.24, 2.45) is 0 Å². The number of likely N-dealkylation sites (tertiary alicyclic amines) is 1. The van der Waals surface area contributed by atoms with Crippen molar-refractivity contribution >= 4 is 6.03 Å². The van der Waals surface area contributed by atoms with Gasteiger partial charge in [-0.15, -0.1) is 0 Å². The Labute approximate surface area is 162 Å². The standard InChI is InChI=1S/C21H30N4O2/c1-18(7-10-24-13-15-27-16-14-24)23-20(26)25-11-8-21(17-22,9-12-25)19-5-3-2-4-6-19/h2-6,18H,7-16H2,1H3,(H,23,26). The molecule has 0 saturated carbocycles. The second kappa shape index (κ2) is 9.20. The molecule has 6 heteroatoms. The molecule has 2 amide bonds. The van der Waals surface area contributed by atoms with E-state index < -0.39 is 5.41 Å². The van der Waals surface area contributed by atoms with Crippen LogP contribution in [-0.2, 0) is 10.2 Å². The minimum atomic E-state index is -0.472. The van der Waals surface area contributed by atoms with Gasteiger partial charge in [-0.25, -0.2) is 4.79 Å². The van der Waals surface area contributed by atoms with E-state index in [1.165, 1.54) is 0 Å². The highest BCUT2D eigenvalue weighted by Gasteiger charge is 2.37. The third kappa shape index (κ3) is 5.00. The van der Waals surface area contributed by atoms with E-state index in [9.17, 15) is 10.1 Å². The van der Waals surface area contributed by atoms with Gasteiger partial charge in [0.1, 0.15) is 0 Å². The lowest BCUT2D eigenvalue weighted by Gasteiger charge is -2.38. The Morgan fingerprint density at radius 2 is 1.89 bits per heavy atom. The van der Waals surface area contributed by atoms with Crippen LogP contribution >= 0.6 is 0 Å². The van der Waals surface area contributed by atoms with Crippen molar-refractivity contribution in [1.29, 1.82) is 5.26 Å². The van der Waals surface area contributed by atoms with E-state index in [1.807, 2.05) is 35.2 Å². The van der Waals surface area contributed by atoms with E-state index in [4.69, 9.17) is 4.74 Å². The fourth-order valence-electron chi connectivity index (χ4n) is 3.89. The molecule has 2 saturated heterocycles. The van der Waals surface area contributed by atoms with Crippen LogP contribution in [0.1, 0.15) is 31.7 Å². The van der Waals surface area contributed by atoms with Crippen LogP contribution in [0.3, 0.4) is 0 Å². The Hall–Kier alpha value is -2.10. The first-order valence-corrected chi connectivity index (χ1v) is 9.95. The number of hydrogen-bond donors (Lipinski definition) is 1. The van der Waals surface area contributed by atoms with Crippen molar-refractivity contribution in [2.45, 2.75) is 37.6 Å². The highest BCUT2D eigenvalue weighted by Crippen LogP contribution is 2.34. The van der Waals surface area contributed by atoms with Crippen molar-refractivity contribution in [1.82, 2.24) is 15.1 Å². The zero-order valence-corrected chi connectivity index (χ0v) is 16.2. The maximum absolute atomic E-state index is 12.6. The second-order valence-corrected chi connectivity index (χ2v) is 7.64. The van der Waals surface area contributed by atoms with Crippen LogP contribution in [0.5, 0.6) is 0 Å². The molecule has 1 atom stereocenters. The summed E-state index contributed by atoms with van der Waals surface area (Å²) in [6.45, 7) is 7.83. The van der Waals surface area contributed by atoms with Gasteiger partial charge in [0, 0.05) is 38.8 Å². The Balaban J connectivity index is 1.46. The molecular weight excluding hydrogens is 340 g/mol. The van der Waals surface area contributed by atoms with Crippen molar-refractivity contribution in [2.75, 3.05) is 45.9 Å². The molecule has 2 aliphatic rings. The van der Waals surface area contributed by atoms with E-state index >= 15 is 0 Å². The van der Waals surface area contributed by atoms with Gasteiger partial charge < -0.3 is 15.0 Å². The Kier molecular flexibility index (Phi) is 6.70. The summed E-state index contributed by atoms with van der Waals surface area (Å²) >= 11 is 0. The topological polar surface area (TPSA) is 68.6 Å². The molecule has 0 bridgehead atoms. The number of urea groups is 1. The average molecular weight is 370 g/mol. The predicted octanol–water partition coefficient (Wildman–Crippen LogP) is 2.36. The molecule has 27 heavy (non-hydrogen) atoms. The van der Waals surface area contributed by atoms with Gasteiger partial charge in [-0.2, -0.15) is 5.26 Å². The van der Waals surface area contributed by atoms with Crippen LogP contribution in [0.4, 0.5) is 4.79 Å². The largest absolute Gasteiger partial charge is 0.379 e. The number of carbonyl (C=O) groups is 1. The zero-order valence-electron chi connectivity index (χ0n) is 16.2. The molecule has 2 fully saturated rings. The smallest absolute Gasteiger partial charge is 0.317 e. The number of benzene rings is 1. The first kappa shape index (κ1) is 19.7. The molecule has 1 aromatic carbocycles. The maximum atomic E-state index is 12.6. The van der Waals surface area contributed by atoms with Gasteiger partial charge in [-0.05, 0) is 31.7 Å². The maximum Gasteiger partial charge on any atom is 0.317 e. The molecule has 3 rings (SSSR count). The van der Waals surface area contributed by atoms with Crippen LogP contribution in [0.2, 0.25) is 0 Å². The van der Waals surface area contributed by atoms with E-state index in [-0.39, 0.29) is 12.1 Å². The van der Waals surface area contributed by atoms with Crippen molar-refractivity contribution in [3.8, 4) is 6.07 Å². The summed E-state index contributed by atoms with van der Waals surface area (Å²) in [5.41, 5.74) is 0.589. The molecule has 0 spiro atoms. The molecule has 2 heterocycles. The zero-order chi connectivity index (χ0) is 19.1. The van der Waals surface area contributed by atoms with Crippen LogP contribution in [0, 0.1) is 11.3 Å². The fourth-order valence-corrected chi connectivity index (χ4v) is 3.89. The van der Waals surface area contributed by atoms with Crippen LogP contribution in [-0.4, -0.2) is 67.8 Å². The van der Waals surface area contributed by atoms with Gasteiger partial charge in [-0.1, -0.05) is 30.3 Å². The van der Waals surface area contributed by atoms with Gasteiger partial charge in [0.05, 0.1) is 24.7 Å². The lowest BCUT2D eigenvalue weighted by atomic mass is 9.74. The molecule has 0 aromatic heterocycles. The summed E-state index contributed by atoms with van der Waals surface area (Å²) in [7, 11) is 0. The third-order valence-electron chi connectivity index (χ3n) is 5.80. The van der Waals surface area contributed by atoms with Crippen LogP contribution in [0.25, 0.3) is 0 Å². The predicted molar refractivity (Wildman–Crippen MR) is 104 cm³/mol. The second-order valence-electron chi connectivity index (χ2n) is 7.64. The Morgan fingerprint density at radius 1 is 1.22 bits per heavy atom. The van der Waals surface area contributed by atoms with Gasteiger partial charge in [0.15, 0.2) is 0 Å². The number of nitrogens with one attached hydrogen (secondary N) is 1. The molecule has 1 unspecified atom stereocenters. The van der Waals surface area contributed by atoms with E-state index in [2.05, 4.69) is 23.2 Å². The van der Waals surface area contributed by atoms with Gasteiger partial charge >= 0.3 is 6.03 Å². The summed E-state index contributed by atoms with van der Waals surface area (Å²) in [4.78, 5) is 16.8. The summed E-state index contributed by atoms with van der Waals surface area (Å²) in [5, 5.41) is 12.9. The molecular formula is C21H30N4O2. The highest BCUT2D eigenvalue weighted by molar-refractivity contribution is 5.74. The number of amides is 2. The normalized spacial score (nSPS) is 21.3. The number of ether oxygens (including phenoxy) is 1. The number of rotatable bonds is 5. The third-order valence-corrected chi connectivity index (χ3v) is 5.80. The summed E-state index contributed by atoms with van der Waals surface area (Å²) in [5.74, 6) is 0. The fraction of sp³-hybridized carbons (Fsp3) is 0.619. The van der Waals surface area contributed by atoms with Crippen molar-refractivity contribution in [3.63, 3.8) is 0 Å². The van der Waals surface area contributed by atoms with Crippen molar-refractivity contribution in [3.05, 3.63) is 35.9 Å². The van der Waals surface area contributed by atoms with Gasteiger partial charge in [0.25, 0.3) is 0 Å². The van der Waals surface area contributed by atoms with Crippen LogP contribution in [0.15, 0.2) is 30.3 Å². The Bertz CT molecular complexity index is 644. The molecule has 1 aromatic rings. The van der Waals surface area contributed by atoms with E-state index in [0.717, 1.165) is 44.8 Å². The summed E-state index contributed by atoms with van der Waals surface area (Å²) < 4.78 is 5.37. The lowest BCUT2D eigenvalue weighted by Crippen LogP contribution is -2.50. The minimum absolute atomic E-state index is 0.0101. The molecule has 146 valence electrons. The minimum Gasteiger partial charge on any atom is -0.379 e. The summed E-state index contributed by atoms with van der Waals surface area (Å²) in [6.07, 6.45) is 2.30. The SMILES string of the molecule is CC(CCN1CCOCC1)NC(=O)N1CCC(C#N)(c2ccccc2)CC1. The first-order chi connectivity index (χ1) is 13.1. The monoisotopic (exact) mass is 370 g/mol.